The quantitative estimate of drug-likeness (QED) is 0.696. The van der Waals surface area contributed by atoms with Crippen molar-refractivity contribution in [1.82, 2.24) is 19.8 Å². The summed E-state index contributed by atoms with van der Waals surface area (Å²) in [4.78, 5) is 39.8. The summed E-state index contributed by atoms with van der Waals surface area (Å²) in [6, 6.07) is 1.83. The van der Waals surface area contributed by atoms with Crippen molar-refractivity contribution >= 4 is 30.2 Å². The Balaban J connectivity index is 0.00000225. The number of hydrogen-bond donors (Lipinski definition) is 0. The number of piperidine rings is 1. The normalized spacial score (nSPS) is 22.6. The standard InChI is InChI=1S/C20H29N5O2.ClH/c26-17-15-20(5-1-2-6-20)16-18(27)25(17)10-4-9-23-11-13-24(14-12-23)19-21-7-3-8-22-19;/h3,7-8H,1-2,4-6,9-16H2;1H. The smallest absolute Gasteiger partial charge is 0.229 e. The molecular formula is C20H30ClN5O2. The van der Waals surface area contributed by atoms with Gasteiger partial charge in [0.25, 0.3) is 0 Å². The van der Waals surface area contributed by atoms with Gasteiger partial charge in [0.1, 0.15) is 0 Å². The maximum Gasteiger partial charge on any atom is 0.229 e. The second kappa shape index (κ2) is 9.18. The number of halogens is 1. The largest absolute Gasteiger partial charge is 0.338 e. The minimum Gasteiger partial charge on any atom is -0.338 e. The molecule has 0 atom stereocenters. The molecule has 2 saturated heterocycles. The molecule has 0 bridgehead atoms. The van der Waals surface area contributed by atoms with Crippen molar-refractivity contribution in [3.63, 3.8) is 0 Å². The van der Waals surface area contributed by atoms with Crippen LogP contribution in [0.5, 0.6) is 0 Å². The molecule has 28 heavy (non-hydrogen) atoms. The summed E-state index contributed by atoms with van der Waals surface area (Å²) in [5.74, 6) is 0.904. The van der Waals surface area contributed by atoms with Crippen LogP contribution in [0.15, 0.2) is 18.5 Å². The van der Waals surface area contributed by atoms with Crippen molar-refractivity contribution in [1.29, 1.82) is 0 Å². The molecule has 3 heterocycles. The molecule has 1 aromatic rings. The van der Waals surface area contributed by atoms with Crippen molar-refractivity contribution in [2.24, 2.45) is 5.41 Å². The van der Waals surface area contributed by atoms with Gasteiger partial charge in [-0.1, -0.05) is 12.8 Å². The van der Waals surface area contributed by atoms with Gasteiger partial charge < -0.3 is 4.90 Å². The highest BCUT2D eigenvalue weighted by atomic mass is 35.5. The van der Waals surface area contributed by atoms with E-state index in [0.29, 0.717) is 19.4 Å². The van der Waals surface area contributed by atoms with Gasteiger partial charge in [0.15, 0.2) is 0 Å². The minimum atomic E-state index is 0. The van der Waals surface area contributed by atoms with Crippen molar-refractivity contribution in [2.75, 3.05) is 44.2 Å². The molecule has 2 aliphatic heterocycles. The molecule has 0 radical (unpaired) electrons. The third-order valence-corrected chi connectivity index (χ3v) is 6.38. The lowest BCUT2D eigenvalue weighted by Gasteiger charge is -2.38. The molecule has 1 aliphatic carbocycles. The van der Waals surface area contributed by atoms with Crippen LogP contribution in [0.4, 0.5) is 5.95 Å². The Bertz CT molecular complexity index is 652. The fraction of sp³-hybridized carbons (Fsp3) is 0.700. The number of likely N-dealkylation sites (tertiary alicyclic amines) is 1. The lowest BCUT2D eigenvalue weighted by molar-refractivity contribution is -0.153. The Morgan fingerprint density at radius 3 is 2.11 bits per heavy atom. The molecule has 154 valence electrons. The minimum absolute atomic E-state index is 0. The zero-order chi connectivity index (χ0) is 18.7. The van der Waals surface area contributed by atoms with Gasteiger partial charge in [-0.05, 0) is 37.3 Å². The third kappa shape index (κ3) is 4.63. The second-order valence-corrected chi connectivity index (χ2v) is 8.23. The molecule has 0 aromatic carbocycles. The Kier molecular flexibility index (Phi) is 6.88. The van der Waals surface area contributed by atoms with Crippen LogP contribution in [-0.2, 0) is 9.59 Å². The van der Waals surface area contributed by atoms with Gasteiger partial charge in [-0.2, -0.15) is 0 Å². The molecule has 7 nitrogen and oxygen atoms in total. The van der Waals surface area contributed by atoms with Crippen molar-refractivity contribution < 1.29 is 9.59 Å². The Morgan fingerprint density at radius 1 is 0.893 bits per heavy atom. The summed E-state index contributed by atoms with van der Waals surface area (Å²) in [6.07, 6.45) is 9.99. The average Bonchev–Trinajstić information content (AvgIpc) is 3.12. The summed E-state index contributed by atoms with van der Waals surface area (Å²) < 4.78 is 0. The molecule has 1 saturated carbocycles. The summed E-state index contributed by atoms with van der Waals surface area (Å²) in [6.45, 7) is 5.23. The van der Waals surface area contributed by atoms with Gasteiger partial charge in [0.2, 0.25) is 17.8 Å². The number of rotatable bonds is 5. The predicted molar refractivity (Wildman–Crippen MR) is 109 cm³/mol. The van der Waals surface area contributed by atoms with E-state index in [1.807, 2.05) is 6.07 Å². The number of hydrogen-bond acceptors (Lipinski definition) is 6. The number of amides is 2. The number of nitrogens with zero attached hydrogens (tertiary/aromatic N) is 5. The highest BCUT2D eigenvalue weighted by Crippen LogP contribution is 2.46. The van der Waals surface area contributed by atoms with Crippen LogP contribution in [0.25, 0.3) is 0 Å². The maximum absolute atomic E-state index is 12.5. The van der Waals surface area contributed by atoms with Crippen LogP contribution in [0.3, 0.4) is 0 Å². The Hall–Kier alpha value is -1.73. The molecule has 1 spiro atoms. The number of anilines is 1. The van der Waals surface area contributed by atoms with Crippen LogP contribution in [-0.4, -0.2) is 70.9 Å². The van der Waals surface area contributed by atoms with E-state index in [0.717, 1.165) is 57.9 Å². The van der Waals surface area contributed by atoms with E-state index < -0.39 is 0 Å². The number of aromatic nitrogens is 2. The lowest BCUT2D eigenvalue weighted by Crippen LogP contribution is -2.49. The topological polar surface area (TPSA) is 69.6 Å². The summed E-state index contributed by atoms with van der Waals surface area (Å²) >= 11 is 0. The zero-order valence-electron chi connectivity index (χ0n) is 16.4. The van der Waals surface area contributed by atoms with Gasteiger partial charge >= 0.3 is 0 Å². The fourth-order valence-corrected chi connectivity index (χ4v) is 4.84. The van der Waals surface area contributed by atoms with E-state index in [2.05, 4.69) is 19.8 Å². The average molecular weight is 408 g/mol. The van der Waals surface area contributed by atoms with Crippen LogP contribution < -0.4 is 4.90 Å². The molecule has 0 N–H and O–H groups in total. The van der Waals surface area contributed by atoms with Crippen LogP contribution >= 0.6 is 12.4 Å². The molecule has 0 unspecified atom stereocenters. The highest BCUT2D eigenvalue weighted by Gasteiger charge is 2.44. The zero-order valence-corrected chi connectivity index (χ0v) is 17.2. The summed E-state index contributed by atoms with van der Waals surface area (Å²) in [5.41, 5.74) is 0.000500. The van der Waals surface area contributed by atoms with Crippen LogP contribution in [0, 0.1) is 5.41 Å². The van der Waals surface area contributed by atoms with Gasteiger partial charge in [-0.15, -0.1) is 12.4 Å². The second-order valence-electron chi connectivity index (χ2n) is 8.23. The van der Waals surface area contributed by atoms with E-state index in [1.54, 1.807) is 12.4 Å². The van der Waals surface area contributed by atoms with Crippen molar-refractivity contribution in [3.05, 3.63) is 18.5 Å². The number of carbonyl (C=O) groups is 2. The summed E-state index contributed by atoms with van der Waals surface area (Å²) in [5, 5.41) is 0. The first-order valence-corrected chi connectivity index (χ1v) is 10.2. The molecular weight excluding hydrogens is 378 g/mol. The van der Waals surface area contributed by atoms with Gasteiger partial charge in [0, 0.05) is 58.0 Å². The predicted octanol–water partition coefficient (Wildman–Crippen LogP) is 2.12. The van der Waals surface area contributed by atoms with E-state index in [4.69, 9.17) is 0 Å². The monoisotopic (exact) mass is 407 g/mol. The van der Waals surface area contributed by atoms with Gasteiger partial charge in [0.05, 0.1) is 0 Å². The van der Waals surface area contributed by atoms with Crippen molar-refractivity contribution in [2.45, 2.75) is 44.9 Å². The number of carbonyl (C=O) groups excluding carboxylic acids is 2. The Morgan fingerprint density at radius 2 is 1.50 bits per heavy atom. The lowest BCUT2D eigenvalue weighted by atomic mass is 9.76. The first kappa shape index (κ1) is 21.0. The van der Waals surface area contributed by atoms with E-state index in [1.165, 1.54) is 17.7 Å². The maximum atomic E-state index is 12.5. The molecule has 4 rings (SSSR count). The van der Waals surface area contributed by atoms with Crippen LogP contribution in [0.1, 0.15) is 44.9 Å². The summed E-state index contributed by atoms with van der Waals surface area (Å²) in [7, 11) is 0. The molecule has 2 amide bonds. The molecule has 8 heteroatoms. The van der Waals surface area contributed by atoms with E-state index >= 15 is 0 Å². The van der Waals surface area contributed by atoms with E-state index in [-0.39, 0.29) is 29.6 Å². The number of imide groups is 1. The molecule has 3 fully saturated rings. The van der Waals surface area contributed by atoms with Gasteiger partial charge in [-0.3, -0.25) is 19.4 Å². The molecule has 1 aromatic heterocycles. The van der Waals surface area contributed by atoms with Crippen LogP contribution in [0.2, 0.25) is 0 Å². The third-order valence-electron chi connectivity index (χ3n) is 6.38. The Labute approximate surface area is 172 Å². The SMILES string of the molecule is Cl.O=C1CC2(CCCC2)CC(=O)N1CCCN1CCN(c2ncccn2)CC1. The van der Waals surface area contributed by atoms with Gasteiger partial charge in [-0.25, -0.2) is 9.97 Å². The molecule has 3 aliphatic rings. The first-order valence-electron chi connectivity index (χ1n) is 10.2. The first-order chi connectivity index (χ1) is 13.2. The fourth-order valence-electron chi connectivity index (χ4n) is 4.84. The highest BCUT2D eigenvalue weighted by molar-refractivity contribution is 5.98. The van der Waals surface area contributed by atoms with E-state index in [9.17, 15) is 9.59 Å². The van der Waals surface area contributed by atoms with Crippen molar-refractivity contribution in [3.8, 4) is 0 Å². The number of piperazine rings is 1.